The van der Waals surface area contributed by atoms with Crippen LogP contribution in [-0.2, 0) is 11.3 Å². The van der Waals surface area contributed by atoms with Gasteiger partial charge >= 0.3 is 0 Å². The highest BCUT2D eigenvalue weighted by atomic mass is 28.3. The Bertz CT molecular complexity index is 368. The summed E-state index contributed by atoms with van der Waals surface area (Å²) < 4.78 is 5.50. The zero-order valence-electron chi connectivity index (χ0n) is 12.3. The molecule has 0 radical (unpaired) electrons. The van der Waals surface area contributed by atoms with E-state index in [0.717, 1.165) is 5.56 Å². The molecule has 0 heterocycles. The Morgan fingerprint density at radius 1 is 1.16 bits per heavy atom. The van der Waals surface area contributed by atoms with Gasteiger partial charge in [-0.1, -0.05) is 62.1 Å². The second-order valence-electron chi connectivity index (χ2n) is 6.13. The average Bonchev–Trinajstić information content (AvgIpc) is 2.35. The Morgan fingerprint density at radius 2 is 1.84 bits per heavy atom. The van der Waals surface area contributed by atoms with Crippen LogP contribution in [-0.4, -0.2) is 25.9 Å². The maximum atomic E-state index is 9.79. The van der Waals surface area contributed by atoms with E-state index in [1.54, 1.807) is 0 Å². The Morgan fingerprint density at radius 3 is 2.47 bits per heavy atom. The van der Waals surface area contributed by atoms with Gasteiger partial charge in [-0.15, -0.1) is 0 Å². The third kappa shape index (κ3) is 8.75. The van der Waals surface area contributed by atoms with Gasteiger partial charge in [0.05, 0.1) is 19.3 Å². The van der Waals surface area contributed by atoms with Gasteiger partial charge in [-0.05, 0) is 18.0 Å². The molecule has 0 saturated heterocycles. The molecule has 2 nitrogen and oxygen atoms in total. The summed E-state index contributed by atoms with van der Waals surface area (Å²) in [6.07, 6.45) is 4.56. The second-order valence-corrected chi connectivity index (χ2v) is 11.7. The summed E-state index contributed by atoms with van der Waals surface area (Å²) in [4.78, 5) is 0. The smallest absolute Gasteiger partial charge is 0.0808 e. The van der Waals surface area contributed by atoms with E-state index in [1.165, 1.54) is 6.04 Å². The third-order valence-electron chi connectivity index (χ3n) is 2.73. The van der Waals surface area contributed by atoms with Crippen molar-refractivity contribution >= 4 is 8.07 Å². The van der Waals surface area contributed by atoms with Crippen LogP contribution in [0.4, 0.5) is 0 Å². The van der Waals surface area contributed by atoms with Crippen LogP contribution in [0, 0.1) is 0 Å². The summed E-state index contributed by atoms with van der Waals surface area (Å²) in [5.74, 6) is 0. The molecule has 0 spiro atoms. The zero-order valence-corrected chi connectivity index (χ0v) is 13.3. The lowest BCUT2D eigenvalue weighted by Crippen LogP contribution is -2.17. The van der Waals surface area contributed by atoms with E-state index in [-0.39, 0.29) is 0 Å². The van der Waals surface area contributed by atoms with Crippen molar-refractivity contribution in [2.75, 3.05) is 6.61 Å². The standard InChI is InChI=1S/C16H26O2Si/c1-19(2,3)12-8-7-11-16(17)14-18-13-15-9-5-4-6-10-15/h4-10,16-17H,11-14H2,1-3H3/b8-7+. The molecule has 0 fully saturated rings. The normalized spacial score (nSPS) is 13.9. The van der Waals surface area contributed by atoms with Gasteiger partial charge in [0.2, 0.25) is 0 Å². The predicted octanol–water partition coefficient (Wildman–Crippen LogP) is 3.85. The zero-order chi connectivity index (χ0) is 14.1. The average molecular weight is 278 g/mol. The number of hydrogen-bond acceptors (Lipinski definition) is 2. The Hall–Kier alpha value is -0.903. The number of allylic oxidation sites excluding steroid dienone is 1. The van der Waals surface area contributed by atoms with Gasteiger partial charge in [0, 0.05) is 8.07 Å². The fourth-order valence-electron chi connectivity index (χ4n) is 1.65. The molecule has 1 aromatic rings. The first-order chi connectivity index (χ1) is 8.97. The molecule has 106 valence electrons. The minimum absolute atomic E-state index is 0.395. The van der Waals surface area contributed by atoms with E-state index in [4.69, 9.17) is 4.74 Å². The fourth-order valence-corrected chi connectivity index (χ4v) is 2.52. The molecule has 1 atom stereocenters. The van der Waals surface area contributed by atoms with Crippen LogP contribution in [0.3, 0.4) is 0 Å². The van der Waals surface area contributed by atoms with Gasteiger partial charge in [0.1, 0.15) is 0 Å². The second kappa shape index (κ2) is 8.30. The van der Waals surface area contributed by atoms with E-state index in [9.17, 15) is 5.11 Å². The van der Waals surface area contributed by atoms with Crippen LogP contribution in [0.15, 0.2) is 42.5 Å². The molecule has 19 heavy (non-hydrogen) atoms. The maximum Gasteiger partial charge on any atom is 0.0808 e. The maximum absolute atomic E-state index is 9.79. The molecule has 1 rings (SSSR count). The highest BCUT2D eigenvalue weighted by Crippen LogP contribution is 2.09. The molecular weight excluding hydrogens is 252 g/mol. The first kappa shape index (κ1) is 16.2. The molecule has 1 N–H and O–H groups in total. The summed E-state index contributed by atoms with van der Waals surface area (Å²) in [6, 6.07) is 11.2. The molecule has 0 aromatic heterocycles. The van der Waals surface area contributed by atoms with Crippen molar-refractivity contribution in [2.45, 2.75) is 44.8 Å². The molecule has 0 saturated carbocycles. The molecule has 3 heteroatoms. The number of ether oxygens (including phenoxy) is 1. The van der Waals surface area contributed by atoms with Gasteiger partial charge in [-0.25, -0.2) is 0 Å². The van der Waals surface area contributed by atoms with Crippen molar-refractivity contribution in [2.24, 2.45) is 0 Å². The minimum Gasteiger partial charge on any atom is -0.390 e. The van der Waals surface area contributed by atoms with Gasteiger partial charge in [-0.3, -0.25) is 0 Å². The van der Waals surface area contributed by atoms with Crippen LogP contribution in [0.1, 0.15) is 12.0 Å². The van der Waals surface area contributed by atoms with Crippen molar-refractivity contribution in [1.29, 1.82) is 0 Å². The monoisotopic (exact) mass is 278 g/mol. The number of aliphatic hydroxyl groups is 1. The van der Waals surface area contributed by atoms with Gasteiger partial charge in [-0.2, -0.15) is 0 Å². The summed E-state index contributed by atoms with van der Waals surface area (Å²) in [7, 11) is -0.998. The SMILES string of the molecule is C[Si](C)(C)C/C=C/CC(O)COCc1ccccc1. The van der Waals surface area contributed by atoms with Crippen molar-refractivity contribution < 1.29 is 9.84 Å². The fraction of sp³-hybridized carbons (Fsp3) is 0.500. The lowest BCUT2D eigenvalue weighted by molar-refractivity contribution is 0.0301. The van der Waals surface area contributed by atoms with Crippen molar-refractivity contribution in [3.63, 3.8) is 0 Å². The predicted molar refractivity (Wildman–Crippen MR) is 84.0 cm³/mol. The quantitative estimate of drug-likeness (QED) is 0.578. The molecular formula is C16H26O2Si. The molecule has 0 bridgehead atoms. The first-order valence-electron chi connectivity index (χ1n) is 6.92. The highest BCUT2D eigenvalue weighted by Gasteiger charge is 2.09. The lowest BCUT2D eigenvalue weighted by Gasteiger charge is -2.12. The number of benzene rings is 1. The molecule has 1 unspecified atom stereocenters. The van der Waals surface area contributed by atoms with E-state index in [0.29, 0.717) is 19.6 Å². The first-order valence-corrected chi connectivity index (χ1v) is 10.6. The van der Waals surface area contributed by atoms with Gasteiger partial charge < -0.3 is 9.84 Å². The van der Waals surface area contributed by atoms with Crippen LogP contribution in [0.5, 0.6) is 0 Å². The minimum atomic E-state index is -0.998. The van der Waals surface area contributed by atoms with Gasteiger partial charge in [0.25, 0.3) is 0 Å². The van der Waals surface area contributed by atoms with Crippen LogP contribution in [0.2, 0.25) is 25.7 Å². The Labute approximate surface area is 118 Å². The van der Waals surface area contributed by atoms with E-state index in [1.807, 2.05) is 30.3 Å². The van der Waals surface area contributed by atoms with Crippen molar-refractivity contribution in [1.82, 2.24) is 0 Å². The summed E-state index contributed by atoms with van der Waals surface area (Å²) in [6.45, 7) is 7.99. The largest absolute Gasteiger partial charge is 0.390 e. The third-order valence-corrected chi connectivity index (χ3v) is 4.19. The number of rotatable bonds is 8. The number of hydrogen-bond donors (Lipinski definition) is 1. The molecule has 0 aliphatic carbocycles. The molecule has 1 aromatic carbocycles. The molecule has 0 aliphatic heterocycles. The van der Waals surface area contributed by atoms with E-state index >= 15 is 0 Å². The van der Waals surface area contributed by atoms with Crippen molar-refractivity contribution in [3.05, 3.63) is 48.0 Å². The van der Waals surface area contributed by atoms with Crippen LogP contribution >= 0.6 is 0 Å². The summed E-state index contributed by atoms with van der Waals surface area (Å²) in [5, 5.41) is 9.79. The molecule has 0 amide bonds. The van der Waals surface area contributed by atoms with Crippen LogP contribution in [0.25, 0.3) is 0 Å². The Kier molecular flexibility index (Phi) is 7.06. The van der Waals surface area contributed by atoms with Crippen LogP contribution < -0.4 is 0 Å². The highest BCUT2D eigenvalue weighted by molar-refractivity contribution is 6.76. The number of aliphatic hydroxyl groups excluding tert-OH is 1. The van der Waals surface area contributed by atoms with Crippen molar-refractivity contribution in [3.8, 4) is 0 Å². The van der Waals surface area contributed by atoms with E-state index in [2.05, 4.69) is 31.8 Å². The van der Waals surface area contributed by atoms with Gasteiger partial charge in [0.15, 0.2) is 0 Å². The topological polar surface area (TPSA) is 29.5 Å². The summed E-state index contributed by atoms with van der Waals surface area (Å²) in [5.41, 5.74) is 1.14. The summed E-state index contributed by atoms with van der Waals surface area (Å²) >= 11 is 0. The lowest BCUT2D eigenvalue weighted by atomic mass is 10.2. The Balaban J connectivity index is 2.13. The molecule has 0 aliphatic rings. The van der Waals surface area contributed by atoms with E-state index < -0.39 is 14.2 Å².